The Morgan fingerprint density at radius 1 is 1.50 bits per heavy atom. The zero-order valence-corrected chi connectivity index (χ0v) is 12.0. The highest BCUT2D eigenvalue weighted by Crippen LogP contribution is 2.27. The molecule has 5 nitrogen and oxygen atoms in total. The number of carbonyl (C=O) groups excluding carboxylic acids is 1. The number of amides is 1. The molecule has 5 heteroatoms. The van der Waals surface area contributed by atoms with Crippen molar-refractivity contribution in [2.24, 2.45) is 5.73 Å². The lowest BCUT2D eigenvalue weighted by atomic mass is 10.1. The van der Waals surface area contributed by atoms with Crippen molar-refractivity contribution < 1.29 is 9.53 Å². The van der Waals surface area contributed by atoms with Crippen molar-refractivity contribution in [3.63, 3.8) is 0 Å². The van der Waals surface area contributed by atoms with Crippen molar-refractivity contribution in [3.05, 3.63) is 24.0 Å². The number of rotatable bonds is 6. The van der Waals surface area contributed by atoms with Gasteiger partial charge in [-0.15, -0.1) is 0 Å². The zero-order chi connectivity index (χ0) is 14.4. The summed E-state index contributed by atoms with van der Waals surface area (Å²) in [6, 6.07) is 2.07. The van der Waals surface area contributed by atoms with E-state index in [9.17, 15) is 4.79 Å². The fourth-order valence-corrected chi connectivity index (χ4v) is 2.80. The Balaban J connectivity index is 2.20. The van der Waals surface area contributed by atoms with Crippen LogP contribution >= 0.6 is 0 Å². The molecule has 1 aliphatic carbocycles. The Labute approximate surface area is 120 Å². The SMILES string of the molecule is COc1cnccc1C(=O)N(CCCN)C1CCCC1. The van der Waals surface area contributed by atoms with Gasteiger partial charge in [-0.1, -0.05) is 12.8 Å². The Bertz CT molecular complexity index is 444. The van der Waals surface area contributed by atoms with Gasteiger partial charge in [0.2, 0.25) is 0 Å². The van der Waals surface area contributed by atoms with Gasteiger partial charge in [0, 0.05) is 18.8 Å². The lowest BCUT2D eigenvalue weighted by Crippen LogP contribution is -2.40. The minimum Gasteiger partial charge on any atom is -0.494 e. The highest BCUT2D eigenvalue weighted by molar-refractivity contribution is 5.97. The van der Waals surface area contributed by atoms with Gasteiger partial charge in [-0.05, 0) is 31.9 Å². The lowest BCUT2D eigenvalue weighted by Gasteiger charge is -2.29. The van der Waals surface area contributed by atoms with E-state index in [1.807, 2.05) is 4.90 Å². The highest BCUT2D eigenvalue weighted by Gasteiger charge is 2.28. The Morgan fingerprint density at radius 3 is 2.90 bits per heavy atom. The average molecular weight is 277 g/mol. The summed E-state index contributed by atoms with van der Waals surface area (Å²) in [4.78, 5) is 18.8. The molecule has 1 amide bonds. The van der Waals surface area contributed by atoms with E-state index in [-0.39, 0.29) is 5.91 Å². The monoisotopic (exact) mass is 277 g/mol. The molecule has 20 heavy (non-hydrogen) atoms. The van der Waals surface area contributed by atoms with Gasteiger partial charge in [0.25, 0.3) is 5.91 Å². The van der Waals surface area contributed by atoms with E-state index in [2.05, 4.69) is 4.98 Å². The van der Waals surface area contributed by atoms with Gasteiger partial charge >= 0.3 is 0 Å². The molecule has 0 radical (unpaired) electrons. The van der Waals surface area contributed by atoms with Crippen LogP contribution in [0.4, 0.5) is 0 Å². The molecule has 1 aromatic heterocycles. The summed E-state index contributed by atoms with van der Waals surface area (Å²) in [7, 11) is 1.56. The Kier molecular flexibility index (Phi) is 5.35. The van der Waals surface area contributed by atoms with Crippen LogP contribution in [-0.2, 0) is 0 Å². The van der Waals surface area contributed by atoms with Crippen LogP contribution in [0.15, 0.2) is 18.5 Å². The van der Waals surface area contributed by atoms with Crippen LogP contribution in [0, 0.1) is 0 Å². The largest absolute Gasteiger partial charge is 0.494 e. The second-order valence-electron chi connectivity index (χ2n) is 5.16. The molecule has 2 rings (SSSR count). The number of hydrogen-bond donors (Lipinski definition) is 1. The molecule has 0 unspecified atom stereocenters. The molecule has 0 saturated heterocycles. The second-order valence-corrected chi connectivity index (χ2v) is 5.16. The molecule has 0 bridgehead atoms. The maximum atomic E-state index is 12.8. The predicted molar refractivity (Wildman–Crippen MR) is 77.8 cm³/mol. The standard InChI is InChI=1S/C15H23N3O2/c1-20-14-11-17-9-7-13(14)15(19)18(10-4-8-16)12-5-2-3-6-12/h7,9,11-12H,2-6,8,10,16H2,1H3. The van der Waals surface area contributed by atoms with Crippen LogP contribution in [0.5, 0.6) is 5.75 Å². The summed E-state index contributed by atoms with van der Waals surface area (Å²) >= 11 is 0. The van der Waals surface area contributed by atoms with Crippen LogP contribution in [0.2, 0.25) is 0 Å². The smallest absolute Gasteiger partial charge is 0.257 e. The first-order chi connectivity index (χ1) is 9.77. The third-order valence-electron chi connectivity index (χ3n) is 3.86. The summed E-state index contributed by atoms with van der Waals surface area (Å²) in [6.45, 7) is 1.31. The number of methoxy groups -OCH3 is 1. The quantitative estimate of drug-likeness (QED) is 0.861. The van der Waals surface area contributed by atoms with E-state index in [1.54, 1.807) is 25.6 Å². The molecule has 1 fully saturated rings. The minimum atomic E-state index is 0.0320. The van der Waals surface area contributed by atoms with E-state index in [0.29, 0.717) is 30.4 Å². The molecule has 110 valence electrons. The number of nitrogens with zero attached hydrogens (tertiary/aromatic N) is 2. The molecule has 1 saturated carbocycles. The summed E-state index contributed by atoms with van der Waals surface area (Å²) < 4.78 is 5.25. The summed E-state index contributed by atoms with van der Waals surface area (Å²) in [5, 5.41) is 0. The summed E-state index contributed by atoms with van der Waals surface area (Å²) in [5.41, 5.74) is 6.19. The number of aromatic nitrogens is 1. The normalized spacial score (nSPS) is 15.3. The van der Waals surface area contributed by atoms with Crippen LogP contribution in [-0.4, -0.2) is 42.0 Å². The van der Waals surface area contributed by atoms with Crippen LogP contribution < -0.4 is 10.5 Å². The van der Waals surface area contributed by atoms with E-state index in [4.69, 9.17) is 10.5 Å². The van der Waals surface area contributed by atoms with Gasteiger partial charge < -0.3 is 15.4 Å². The third kappa shape index (κ3) is 3.28. The Hall–Kier alpha value is -1.62. The van der Waals surface area contributed by atoms with Crippen molar-refractivity contribution in [3.8, 4) is 5.75 Å². The number of carbonyl (C=O) groups is 1. The van der Waals surface area contributed by atoms with Crippen LogP contribution in [0.1, 0.15) is 42.5 Å². The Morgan fingerprint density at radius 2 is 2.25 bits per heavy atom. The molecular weight excluding hydrogens is 254 g/mol. The summed E-state index contributed by atoms with van der Waals surface area (Å²) in [6.07, 6.45) is 8.62. The molecule has 1 heterocycles. The number of nitrogens with two attached hydrogens (primary N) is 1. The molecule has 0 aliphatic heterocycles. The zero-order valence-electron chi connectivity index (χ0n) is 12.0. The van der Waals surface area contributed by atoms with Crippen LogP contribution in [0.25, 0.3) is 0 Å². The molecule has 0 aromatic carbocycles. The molecule has 0 atom stereocenters. The van der Waals surface area contributed by atoms with Crippen molar-refractivity contribution in [1.29, 1.82) is 0 Å². The molecule has 1 aromatic rings. The van der Waals surface area contributed by atoms with E-state index in [0.717, 1.165) is 19.3 Å². The van der Waals surface area contributed by atoms with Crippen molar-refractivity contribution in [2.75, 3.05) is 20.2 Å². The molecule has 2 N–H and O–H groups in total. The maximum Gasteiger partial charge on any atom is 0.257 e. The van der Waals surface area contributed by atoms with E-state index in [1.165, 1.54) is 12.8 Å². The van der Waals surface area contributed by atoms with Gasteiger partial charge in [0.15, 0.2) is 0 Å². The third-order valence-corrected chi connectivity index (χ3v) is 3.86. The first-order valence-electron chi connectivity index (χ1n) is 7.27. The highest BCUT2D eigenvalue weighted by atomic mass is 16.5. The average Bonchev–Trinajstić information content (AvgIpc) is 3.01. The first kappa shape index (κ1) is 14.8. The number of ether oxygens (including phenoxy) is 1. The fraction of sp³-hybridized carbons (Fsp3) is 0.600. The first-order valence-corrected chi connectivity index (χ1v) is 7.27. The number of pyridine rings is 1. The van der Waals surface area contributed by atoms with Gasteiger partial charge in [-0.2, -0.15) is 0 Å². The molecular formula is C15H23N3O2. The predicted octanol–water partition coefficient (Wildman–Crippen LogP) is 1.82. The van der Waals surface area contributed by atoms with Gasteiger partial charge in [-0.25, -0.2) is 0 Å². The van der Waals surface area contributed by atoms with Gasteiger partial charge in [-0.3, -0.25) is 9.78 Å². The number of hydrogen-bond acceptors (Lipinski definition) is 4. The fourth-order valence-electron chi connectivity index (χ4n) is 2.80. The van der Waals surface area contributed by atoms with Gasteiger partial charge in [0.05, 0.1) is 18.9 Å². The van der Waals surface area contributed by atoms with Crippen molar-refractivity contribution in [1.82, 2.24) is 9.88 Å². The summed E-state index contributed by atoms with van der Waals surface area (Å²) in [5.74, 6) is 0.567. The lowest BCUT2D eigenvalue weighted by molar-refractivity contribution is 0.0677. The van der Waals surface area contributed by atoms with Gasteiger partial charge in [0.1, 0.15) is 5.75 Å². The maximum absolute atomic E-state index is 12.8. The van der Waals surface area contributed by atoms with Crippen molar-refractivity contribution >= 4 is 5.91 Å². The van der Waals surface area contributed by atoms with Crippen molar-refractivity contribution in [2.45, 2.75) is 38.1 Å². The topological polar surface area (TPSA) is 68.5 Å². The van der Waals surface area contributed by atoms with E-state index >= 15 is 0 Å². The second kappa shape index (κ2) is 7.24. The van der Waals surface area contributed by atoms with Crippen LogP contribution in [0.3, 0.4) is 0 Å². The minimum absolute atomic E-state index is 0.0320. The van der Waals surface area contributed by atoms with E-state index < -0.39 is 0 Å². The molecule has 0 spiro atoms. The molecule has 1 aliphatic rings.